The first kappa shape index (κ1) is 12.7. The number of hydrogen-bond acceptors (Lipinski definition) is 3. The fourth-order valence-electron chi connectivity index (χ4n) is 2.46. The lowest BCUT2D eigenvalue weighted by molar-refractivity contribution is -0.149. The van der Waals surface area contributed by atoms with Crippen LogP contribution in [0.2, 0.25) is 0 Å². The van der Waals surface area contributed by atoms with E-state index in [0.29, 0.717) is 25.1 Å². The van der Waals surface area contributed by atoms with Crippen molar-refractivity contribution in [3.05, 3.63) is 24.2 Å². The highest BCUT2D eigenvalue weighted by Gasteiger charge is 2.35. The van der Waals surface area contributed by atoms with E-state index < -0.39 is 17.8 Å². The van der Waals surface area contributed by atoms with Gasteiger partial charge < -0.3 is 14.8 Å². The van der Waals surface area contributed by atoms with Gasteiger partial charge in [0.05, 0.1) is 24.6 Å². The standard InChI is InChI=1S/C13H17NO4/c15-12(14-8-9-4-3-7-18-9)10-5-1-2-6-11(10)13(16)17/h3-4,7,10-11H,1-2,5-6,8H2,(H,14,15)(H,16,17)/t10-,11+/m1/s1. The van der Waals surface area contributed by atoms with Gasteiger partial charge in [-0.15, -0.1) is 0 Å². The molecule has 0 radical (unpaired) electrons. The molecule has 5 nitrogen and oxygen atoms in total. The molecule has 1 fully saturated rings. The van der Waals surface area contributed by atoms with Gasteiger partial charge in [0.25, 0.3) is 0 Å². The minimum atomic E-state index is -0.868. The maximum atomic E-state index is 12.0. The van der Waals surface area contributed by atoms with Crippen molar-refractivity contribution in [1.29, 1.82) is 0 Å². The van der Waals surface area contributed by atoms with E-state index >= 15 is 0 Å². The third-order valence-corrected chi connectivity index (χ3v) is 3.44. The molecule has 1 aromatic rings. The Labute approximate surface area is 105 Å². The summed E-state index contributed by atoms with van der Waals surface area (Å²) >= 11 is 0. The summed E-state index contributed by atoms with van der Waals surface area (Å²) in [5, 5.41) is 11.9. The Hall–Kier alpha value is -1.78. The second-order valence-corrected chi connectivity index (χ2v) is 4.63. The molecule has 0 spiro atoms. The molecule has 5 heteroatoms. The highest BCUT2D eigenvalue weighted by Crippen LogP contribution is 2.30. The summed E-state index contributed by atoms with van der Waals surface area (Å²) in [4.78, 5) is 23.1. The molecule has 1 aromatic heterocycles. The summed E-state index contributed by atoms with van der Waals surface area (Å²) in [6, 6.07) is 3.53. The minimum Gasteiger partial charge on any atom is -0.481 e. The molecule has 1 aliphatic carbocycles. The first-order chi connectivity index (χ1) is 8.68. The van der Waals surface area contributed by atoms with Crippen molar-refractivity contribution in [3.8, 4) is 0 Å². The smallest absolute Gasteiger partial charge is 0.307 e. The van der Waals surface area contributed by atoms with Gasteiger partial charge in [0.2, 0.25) is 5.91 Å². The van der Waals surface area contributed by atoms with E-state index in [-0.39, 0.29) is 5.91 Å². The number of nitrogens with one attached hydrogen (secondary N) is 1. The first-order valence-electron chi connectivity index (χ1n) is 6.21. The molecular formula is C13H17NO4. The third kappa shape index (κ3) is 2.91. The van der Waals surface area contributed by atoms with Crippen LogP contribution in [0.15, 0.2) is 22.8 Å². The zero-order chi connectivity index (χ0) is 13.0. The van der Waals surface area contributed by atoms with Crippen LogP contribution in [0, 0.1) is 11.8 Å². The maximum Gasteiger partial charge on any atom is 0.307 e. The Kier molecular flexibility index (Phi) is 4.02. The molecule has 1 amide bonds. The van der Waals surface area contributed by atoms with Crippen LogP contribution < -0.4 is 5.32 Å². The van der Waals surface area contributed by atoms with Crippen molar-refractivity contribution in [3.63, 3.8) is 0 Å². The summed E-state index contributed by atoms with van der Waals surface area (Å²) in [6.07, 6.45) is 4.60. The molecule has 18 heavy (non-hydrogen) atoms. The number of hydrogen-bond donors (Lipinski definition) is 2. The molecular weight excluding hydrogens is 234 g/mol. The average molecular weight is 251 g/mol. The second kappa shape index (κ2) is 5.71. The van der Waals surface area contributed by atoms with E-state index in [1.165, 1.54) is 0 Å². The van der Waals surface area contributed by atoms with Crippen molar-refractivity contribution < 1.29 is 19.1 Å². The number of carbonyl (C=O) groups is 2. The topological polar surface area (TPSA) is 79.5 Å². The molecule has 98 valence electrons. The fraction of sp³-hybridized carbons (Fsp3) is 0.538. The molecule has 0 unspecified atom stereocenters. The monoisotopic (exact) mass is 251 g/mol. The van der Waals surface area contributed by atoms with E-state index in [2.05, 4.69) is 5.32 Å². The SMILES string of the molecule is O=C(O)[C@H]1CCCC[C@H]1C(=O)NCc1ccco1. The quantitative estimate of drug-likeness (QED) is 0.855. The fourth-order valence-corrected chi connectivity index (χ4v) is 2.46. The molecule has 2 rings (SSSR count). The van der Waals surface area contributed by atoms with Crippen molar-refractivity contribution >= 4 is 11.9 Å². The summed E-state index contributed by atoms with van der Waals surface area (Å²) in [6.45, 7) is 0.314. The summed E-state index contributed by atoms with van der Waals surface area (Å²) in [5.74, 6) is -1.33. The number of amides is 1. The van der Waals surface area contributed by atoms with Gasteiger partial charge in [-0.25, -0.2) is 0 Å². The van der Waals surface area contributed by atoms with Gasteiger partial charge in [-0.3, -0.25) is 9.59 Å². The van der Waals surface area contributed by atoms with Crippen LogP contribution in [0.4, 0.5) is 0 Å². The van der Waals surface area contributed by atoms with Crippen molar-refractivity contribution in [2.24, 2.45) is 11.8 Å². The van der Waals surface area contributed by atoms with Gasteiger partial charge in [0, 0.05) is 0 Å². The zero-order valence-corrected chi connectivity index (χ0v) is 10.1. The maximum absolute atomic E-state index is 12.0. The molecule has 1 heterocycles. The zero-order valence-electron chi connectivity index (χ0n) is 10.1. The largest absolute Gasteiger partial charge is 0.481 e. The number of rotatable bonds is 4. The molecule has 0 saturated heterocycles. The van der Waals surface area contributed by atoms with Crippen LogP contribution in [0.1, 0.15) is 31.4 Å². The Morgan fingerprint density at radius 3 is 2.67 bits per heavy atom. The van der Waals surface area contributed by atoms with E-state index in [9.17, 15) is 9.59 Å². The lowest BCUT2D eigenvalue weighted by Crippen LogP contribution is -2.39. The number of carboxylic acids is 1. The van der Waals surface area contributed by atoms with E-state index in [0.717, 1.165) is 12.8 Å². The minimum absolute atomic E-state index is 0.182. The van der Waals surface area contributed by atoms with Gasteiger partial charge >= 0.3 is 5.97 Å². The Bertz CT molecular complexity index is 413. The molecule has 1 aliphatic rings. The molecule has 0 bridgehead atoms. The third-order valence-electron chi connectivity index (χ3n) is 3.44. The summed E-state index contributed by atoms with van der Waals surface area (Å²) in [5.41, 5.74) is 0. The molecule has 0 aliphatic heterocycles. The van der Waals surface area contributed by atoms with Crippen LogP contribution in [0.25, 0.3) is 0 Å². The van der Waals surface area contributed by atoms with Gasteiger partial charge in [-0.05, 0) is 25.0 Å². The highest BCUT2D eigenvalue weighted by atomic mass is 16.4. The van der Waals surface area contributed by atoms with E-state index in [1.54, 1.807) is 18.4 Å². The van der Waals surface area contributed by atoms with Crippen LogP contribution in [0.3, 0.4) is 0 Å². The number of aliphatic carboxylic acids is 1. The molecule has 0 aromatic carbocycles. The van der Waals surface area contributed by atoms with Crippen LogP contribution >= 0.6 is 0 Å². The van der Waals surface area contributed by atoms with Crippen LogP contribution in [-0.2, 0) is 16.1 Å². The summed E-state index contributed by atoms with van der Waals surface area (Å²) < 4.78 is 5.11. The Morgan fingerprint density at radius 1 is 1.33 bits per heavy atom. The lowest BCUT2D eigenvalue weighted by Gasteiger charge is -2.27. The van der Waals surface area contributed by atoms with Crippen molar-refractivity contribution in [2.45, 2.75) is 32.2 Å². The predicted octanol–water partition coefficient (Wildman–Crippen LogP) is 1.79. The average Bonchev–Trinajstić information content (AvgIpc) is 2.89. The Balaban J connectivity index is 1.92. The Morgan fingerprint density at radius 2 is 2.06 bits per heavy atom. The van der Waals surface area contributed by atoms with Crippen molar-refractivity contribution in [1.82, 2.24) is 5.32 Å². The molecule has 2 N–H and O–H groups in total. The number of carbonyl (C=O) groups excluding carboxylic acids is 1. The van der Waals surface area contributed by atoms with Crippen LogP contribution in [-0.4, -0.2) is 17.0 Å². The number of carboxylic acid groups (broad SMARTS) is 1. The predicted molar refractivity (Wildman–Crippen MR) is 63.6 cm³/mol. The van der Waals surface area contributed by atoms with E-state index in [4.69, 9.17) is 9.52 Å². The second-order valence-electron chi connectivity index (χ2n) is 4.63. The van der Waals surface area contributed by atoms with Gasteiger partial charge in [0.15, 0.2) is 0 Å². The van der Waals surface area contributed by atoms with Gasteiger partial charge in [-0.2, -0.15) is 0 Å². The summed E-state index contributed by atoms with van der Waals surface area (Å²) in [7, 11) is 0. The van der Waals surface area contributed by atoms with Gasteiger partial charge in [-0.1, -0.05) is 12.8 Å². The normalized spacial score (nSPS) is 23.6. The highest BCUT2D eigenvalue weighted by molar-refractivity contribution is 5.84. The first-order valence-corrected chi connectivity index (χ1v) is 6.21. The lowest BCUT2D eigenvalue weighted by atomic mass is 9.79. The molecule has 1 saturated carbocycles. The molecule has 2 atom stereocenters. The number of furan rings is 1. The van der Waals surface area contributed by atoms with Gasteiger partial charge in [0.1, 0.15) is 5.76 Å². The van der Waals surface area contributed by atoms with Crippen molar-refractivity contribution in [2.75, 3.05) is 0 Å². The van der Waals surface area contributed by atoms with E-state index in [1.807, 2.05) is 0 Å². The van der Waals surface area contributed by atoms with Crippen LogP contribution in [0.5, 0.6) is 0 Å².